The SMILES string of the molecule is CN1C(=O)C2C(CC(=O)Nc3nc(-c4cccc(C(F)(F)F)c4F)cs3)NSC2N(C)C1=O. The number of carbonyl (C=O) groups is 3. The van der Waals surface area contributed by atoms with Crippen molar-refractivity contribution in [3.63, 3.8) is 0 Å². The number of carbonyl (C=O) groups excluding carboxylic acids is 3. The molecule has 4 rings (SSSR count). The standard InChI is InChI=1S/C19H17F4N5O3S2/c1-27-15(30)13-10(26-33-16(13)28(2)18(27)31)6-12(29)25-17-24-11(7-32-17)8-4-3-5-9(14(8)20)19(21,22)23/h3-5,7,10,13,16,26H,6H2,1-2H3,(H,24,25,29). The number of anilines is 1. The Hall–Kier alpha value is -2.71. The minimum absolute atomic E-state index is 0.0438. The Morgan fingerprint density at radius 2 is 2.00 bits per heavy atom. The van der Waals surface area contributed by atoms with Gasteiger partial charge in [-0.1, -0.05) is 18.0 Å². The summed E-state index contributed by atoms with van der Waals surface area (Å²) in [5, 5.41) is 3.50. The molecule has 1 aromatic carbocycles. The van der Waals surface area contributed by atoms with Gasteiger partial charge in [-0.05, 0) is 12.1 Å². The fourth-order valence-electron chi connectivity index (χ4n) is 3.72. The number of nitrogens with one attached hydrogen (secondary N) is 2. The zero-order valence-electron chi connectivity index (χ0n) is 17.1. The van der Waals surface area contributed by atoms with Crippen LogP contribution in [0.5, 0.6) is 0 Å². The van der Waals surface area contributed by atoms with E-state index in [0.717, 1.165) is 22.3 Å². The number of alkyl halides is 3. The van der Waals surface area contributed by atoms with Crippen molar-refractivity contribution >= 4 is 46.3 Å². The summed E-state index contributed by atoms with van der Waals surface area (Å²) in [4.78, 5) is 43.7. The Bertz CT molecular complexity index is 1130. The Morgan fingerprint density at radius 1 is 1.27 bits per heavy atom. The quantitative estimate of drug-likeness (QED) is 0.491. The van der Waals surface area contributed by atoms with E-state index in [-0.39, 0.29) is 22.8 Å². The molecule has 0 bridgehead atoms. The van der Waals surface area contributed by atoms with Gasteiger partial charge in [0, 0.05) is 37.5 Å². The summed E-state index contributed by atoms with van der Waals surface area (Å²) < 4.78 is 56.3. The summed E-state index contributed by atoms with van der Waals surface area (Å²) in [5.41, 5.74) is -1.77. The van der Waals surface area contributed by atoms with Crippen LogP contribution >= 0.6 is 23.3 Å². The summed E-state index contributed by atoms with van der Waals surface area (Å²) >= 11 is 2.12. The molecule has 3 unspecified atom stereocenters. The number of imide groups is 1. The second kappa shape index (κ2) is 8.57. The minimum atomic E-state index is -4.85. The number of nitrogens with zero attached hydrogens (tertiary/aromatic N) is 3. The zero-order chi connectivity index (χ0) is 24.1. The number of fused-ring (bicyclic) bond motifs is 1. The topological polar surface area (TPSA) is 94.6 Å². The van der Waals surface area contributed by atoms with Gasteiger partial charge >= 0.3 is 12.2 Å². The van der Waals surface area contributed by atoms with Crippen molar-refractivity contribution in [3.05, 3.63) is 35.0 Å². The van der Waals surface area contributed by atoms with Crippen LogP contribution in [-0.4, -0.2) is 58.1 Å². The molecular weight excluding hydrogens is 486 g/mol. The minimum Gasteiger partial charge on any atom is -0.313 e. The Kier molecular flexibility index (Phi) is 6.09. The smallest absolute Gasteiger partial charge is 0.313 e. The van der Waals surface area contributed by atoms with E-state index in [9.17, 15) is 31.9 Å². The van der Waals surface area contributed by atoms with E-state index < -0.39 is 52.7 Å². The number of aromatic nitrogens is 1. The second-order valence-electron chi connectivity index (χ2n) is 7.50. The van der Waals surface area contributed by atoms with Gasteiger partial charge in [-0.15, -0.1) is 11.3 Å². The van der Waals surface area contributed by atoms with Crippen molar-refractivity contribution < 1.29 is 31.9 Å². The van der Waals surface area contributed by atoms with Crippen molar-refractivity contribution in [2.45, 2.75) is 24.0 Å². The fraction of sp³-hybridized carbons (Fsp3) is 0.368. The van der Waals surface area contributed by atoms with E-state index in [0.29, 0.717) is 6.07 Å². The number of amides is 4. The molecule has 2 saturated heterocycles. The Morgan fingerprint density at radius 3 is 2.70 bits per heavy atom. The molecule has 3 atom stereocenters. The third-order valence-electron chi connectivity index (χ3n) is 5.40. The molecule has 14 heteroatoms. The highest BCUT2D eigenvalue weighted by Crippen LogP contribution is 2.38. The van der Waals surface area contributed by atoms with Crippen LogP contribution in [0.2, 0.25) is 0 Å². The van der Waals surface area contributed by atoms with Gasteiger partial charge in [0.2, 0.25) is 11.8 Å². The van der Waals surface area contributed by atoms with E-state index >= 15 is 0 Å². The lowest BCUT2D eigenvalue weighted by Crippen LogP contribution is -2.58. The van der Waals surface area contributed by atoms with Crippen molar-refractivity contribution in [1.82, 2.24) is 19.5 Å². The monoisotopic (exact) mass is 503 g/mol. The van der Waals surface area contributed by atoms with Crippen LogP contribution in [0.4, 0.5) is 27.5 Å². The normalized spacial score (nSPS) is 23.2. The first-order valence-electron chi connectivity index (χ1n) is 9.56. The number of hydrogen-bond acceptors (Lipinski definition) is 7. The van der Waals surface area contributed by atoms with E-state index in [4.69, 9.17) is 0 Å². The van der Waals surface area contributed by atoms with Crippen LogP contribution in [0.25, 0.3) is 11.3 Å². The van der Waals surface area contributed by atoms with Crippen LogP contribution in [0.15, 0.2) is 23.6 Å². The molecule has 2 N–H and O–H groups in total. The lowest BCUT2D eigenvalue weighted by molar-refractivity contribution is -0.140. The molecule has 0 aliphatic carbocycles. The predicted molar refractivity (Wildman–Crippen MR) is 113 cm³/mol. The highest BCUT2D eigenvalue weighted by molar-refractivity contribution is 7.98. The third-order valence-corrected chi connectivity index (χ3v) is 7.45. The first kappa shape index (κ1) is 23.4. The van der Waals surface area contributed by atoms with Crippen LogP contribution in [0.3, 0.4) is 0 Å². The van der Waals surface area contributed by atoms with Gasteiger partial charge in [0.05, 0.1) is 17.2 Å². The van der Waals surface area contributed by atoms with Crippen molar-refractivity contribution in [3.8, 4) is 11.3 Å². The predicted octanol–water partition coefficient (Wildman–Crippen LogP) is 3.38. The Balaban J connectivity index is 1.45. The average molecular weight is 504 g/mol. The molecule has 4 amide bonds. The largest absolute Gasteiger partial charge is 0.419 e. The van der Waals surface area contributed by atoms with E-state index in [2.05, 4.69) is 15.0 Å². The van der Waals surface area contributed by atoms with E-state index in [1.165, 1.54) is 35.3 Å². The average Bonchev–Trinajstić information content (AvgIpc) is 3.37. The lowest BCUT2D eigenvalue weighted by Gasteiger charge is -2.38. The Labute approximate surface area is 193 Å². The van der Waals surface area contributed by atoms with E-state index in [1.807, 2.05) is 0 Å². The first-order chi connectivity index (χ1) is 15.5. The molecule has 2 aromatic rings. The number of halogens is 4. The maximum Gasteiger partial charge on any atom is 0.419 e. The van der Waals surface area contributed by atoms with Crippen LogP contribution < -0.4 is 10.0 Å². The zero-order valence-corrected chi connectivity index (χ0v) is 18.8. The summed E-state index contributed by atoms with van der Waals surface area (Å²) in [6.07, 6.45) is -4.96. The van der Waals surface area contributed by atoms with Crippen molar-refractivity contribution in [2.75, 3.05) is 19.4 Å². The van der Waals surface area contributed by atoms with Gasteiger partial charge in [0.1, 0.15) is 11.2 Å². The highest BCUT2D eigenvalue weighted by Gasteiger charge is 2.51. The molecule has 176 valence electrons. The van der Waals surface area contributed by atoms with Gasteiger partial charge in [0.25, 0.3) is 0 Å². The molecule has 33 heavy (non-hydrogen) atoms. The molecule has 0 radical (unpaired) electrons. The number of rotatable bonds is 4. The summed E-state index contributed by atoms with van der Waals surface area (Å²) in [6.45, 7) is 0. The highest BCUT2D eigenvalue weighted by atomic mass is 32.2. The third kappa shape index (κ3) is 4.29. The first-order valence-corrected chi connectivity index (χ1v) is 11.3. The second-order valence-corrected chi connectivity index (χ2v) is 9.32. The van der Waals surface area contributed by atoms with Crippen LogP contribution in [0.1, 0.15) is 12.0 Å². The van der Waals surface area contributed by atoms with Gasteiger partial charge in [-0.25, -0.2) is 14.2 Å². The molecule has 2 aliphatic heterocycles. The van der Waals surface area contributed by atoms with Crippen molar-refractivity contribution in [1.29, 1.82) is 0 Å². The van der Waals surface area contributed by atoms with Gasteiger partial charge in [0.15, 0.2) is 5.13 Å². The molecular formula is C19H17F4N5O3S2. The summed E-state index contributed by atoms with van der Waals surface area (Å²) in [6, 6.07) is 1.92. The fourth-order valence-corrected chi connectivity index (χ4v) is 5.69. The summed E-state index contributed by atoms with van der Waals surface area (Å²) in [7, 11) is 2.95. The molecule has 3 heterocycles. The van der Waals surface area contributed by atoms with Gasteiger partial charge in [-0.3, -0.25) is 19.2 Å². The number of benzene rings is 1. The molecule has 2 fully saturated rings. The van der Waals surface area contributed by atoms with Crippen LogP contribution in [-0.2, 0) is 15.8 Å². The molecule has 2 aliphatic rings. The number of hydrogen-bond donors (Lipinski definition) is 2. The molecule has 8 nitrogen and oxygen atoms in total. The number of thiazole rings is 1. The van der Waals surface area contributed by atoms with Crippen LogP contribution in [0, 0.1) is 11.7 Å². The molecule has 0 spiro atoms. The molecule has 0 saturated carbocycles. The summed E-state index contributed by atoms with van der Waals surface area (Å²) in [5.74, 6) is -2.95. The van der Waals surface area contributed by atoms with E-state index in [1.54, 1.807) is 7.05 Å². The number of urea groups is 1. The van der Waals surface area contributed by atoms with Gasteiger partial charge < -0.3 is 10.2 Å². The van der Waals surface area contributed by atoms with Gasteiger partial charge in [-0.2, -0.15) is 13.2 Å². The lowest BCUT2D eigenvalue weighted by atomic mass is 9.93. The maximum absolute atomic E-state index is 14.4. The maximum atomic E-state index is 14.4. The van der Waals surface area contributed by atoms with Crippen molar-refractivity contribution in [2.24, 2.45) is 5.92 Å². The molecule has 1 aromatic heterocycles.